The molecule has 148 valence electrons. The highest BCUT2D eigenvalue weighted by Gasteiger charge is 2.28. The molecule has 1 amide bonds. The van der Waals surface area contributed by atoms with E-state index in [0.717, 1.165) is 11.1 Å². The summed E-state index contributed by atoms with van der Waals surface area (Å²) in [5, 5.41) is 18.3. The van der Waals surface area contributed by atoms with Crippen molar-refractivity contribution in [3.8, 4) is 17.1 Å². The Balaban J connectivity index is 1.77. The van der Waals surface area contributed by atoms with E-state index in [1.807, 2.05) is 0 Å². The van der Waals surface area contributed by atoms with Gasteiger partial charge in [-0.05, 0) is 24.5 Å². The van der Waals surface area contributed by atoms with E-state index >= 15 is 0 Å². The number of carbonyl (C=O) groups excluding carboxylic acids is 1. The maximum absolute atomic E-state index is 11.7. The Morgan fingerprint density at radius 2 is 2.17 bits per heavy atom. The number of nitrogens with one attached hydrogen (secondary N) is 1. The molecular formula is C18H17N7O4. The lowest BCUT2D eigenvalue weighted by Gasteiger charge is -2.17. The number of nitrogens with two attached hydrogens (primary N) is 1. The number of carbonyl (C=O) groups is 1. The van der Waals surface area contributed by atoms with Gasteiger partial charge in [0.05, 0.1) is 29.1 Å². The van der Waals surface area contributed by atoms with Gasteiger partial charge in [-0.15, -0.1) is 0 Å². The number of non-ortho nitro benzene ring substituents is 1. The average molecular weight is 395 g/mol. The summed E-state index contributed by atoms with van der Waals surface area (Å²) >= 11 is 0. The van der Waals surface area contributed by atoms with Gasteiger partial charge in [-0.1, -0.05) is 0 Å². The van der Waals surface area contributed by atoms with Gasteiger partial charge >= 0.3 is 0 Å². The maximum atomic E-state index is 11.7. The summed E-state index contributed by atoms with van der Waals surface area (Å²) in [7, 11) is 3.19. The highest BCUT2D eigenvalue weighted by atomic mass is 16.6. The largest absolute Gasteiger partial charge is 0.495 e. The molecule has 0 aliphatic heterocycles. The molecule has 2 heterocycles. The topological polar surface area (TPSA) is 151 Å². The Morgan fingerprint density at radius 3 is 2.86 bits per heavy atom. The fourth-order valence-electron chi connectivity index (χ4n) is 3.44. The van der Waals surface area contributed by atoms with Crippen LogP contribution < -0.4 is 15.8 Å². The molecule has 0 fully saturated rings. The van der Waals surface area contributed by atoms with Crippen LogP contribution >= 0.6 is 0 Å². The van der Waals surface area contributed by atoms with E-state index in [0.29, 0.717) is 35.7 Å². The maximum Gasteiger partial charge on any atom is 0.271 e. The smallest absolute Gasteiger partial charge is 0.271 e. The second-order valence-corrected chi connectivity index (χ2v) is 6.50. The fraction of sp³-hybridized carbons (Fsp3) is 0.222. The first-order valence-electron chi connectivity index (χ1n) is 8.70. The zero-order valence-electron chi connectivity index (χ0n) is 15.7. The van der Waals surface area contributed by atoms with Crippen LogP contribution in [0.15, 0.2) is 24.4 Å². The third-order valence-corrected chi connectivity index (χ3v) is 4.75. The van der Waals surface area contributed by atoms with Crippen molar-refractivity contribution in [2.24, 2.45) is 12.8 Å². The monoisotopic (exact) mass is 395 g/mol. The SMILES string of the molecule is COc1ccc([N+](=O)[O-])cc1Nc1ncc2c(n1)-c1c(c(C(N)=O)nn1C)CC2. The number of amides is 1. The number of aryl methyl sites for hydroxylation is 2. The van der Waals surface area contributed by atoms with Gasteiger partial charge in [-0.3, -0.25) is 19.6 Å². The Morgan fingerprint density at radius 1 is 1.38 bits per heavy atom. The number of benzene rings is 1. The first-order chi connectivity index (χ1) is 13.9. The molecular weight excluding hydrogens is 378 g/mol. The van der Waals surface area contributed by atoms with E-state index in [2.05, 4.69) is 20.4 Å². The normalized spacial score (nSPS) is 12.1. The van der Waals surface area contributed by atoms with Crippen LogP contribution in [0.3, 0.4) is 0 Å². The van der Waals surface area contributed by atoms with Crippen molar-refractivity contribution < 1.29 is 14.5 Å². The number of nitrogens with zero attached hydrogens (tertiary/aromatic N) is 5. The standard InChI is InChI=1S/C18H17N7O4/c1-24-16-11(15(23-24)17(19)26)5-3-9-8-20-18(22-14(9)16)21-12-7-10(25(27)28)4-6-13(12)29-2/h4,6-8H,3,5H2,1-2H3,(H2,19,26)(H,20,21,22). The number of hydrogen-bond donors (Lipinski definition) is 2. The summed E-state index contributed by atoms with van der Waals surface area (Å²) in [6.07, 6.45) is 2.95. The van der Waals surface area contributed by atoms with Crippen molar-refractivity contribution >= 4 is 23.2 Å². The lowest BCUT2D eigenvalue weighted by atomic mass is 9.93. The molecule has 3 aromatic rings. The third-order valence-electron chi connectivity index (χ3n) is 4.75. The van der Waals surface area contributed by atoms with Crippen LogP contribution in [0.1, 0.15) is 21.6 Å². The number of primary amides is 1. The number of aromatic nitrogens is 4. The number of methoxy groups -OCH3 is 1. The van der Waals surface area contributed by atoms with Gasteiger partial charge in [0.25, 0.3) is 11.6 Å². The van der Waals surface area contributed by atoms with E-state index in [-0.39, 0.29) is 17.3 Å². The van der Waals surface area contributed by atoms with Crippen LogP contribution in [0, 0.1) is 10.1 Å². The highest BCUT2D eigenvalue weighted by molar-refractivity contribution is 5.94. The highest BCUT2D eigenvalue weighted by Crippen LogP contribution is 2.35. The number of ether oxygens (including phenoxy) is 1. The second-order valence-electron chi connectivity index (χ2n) is 6.50. The molecule has 11 heteroatoms. The van der Waals surface area contributed by atoms with Gasteiger partial charge in [0.15, 0.2) is 5.69 Å². The summed E-state index contributed by atoms with van der Waals surface area (Å²) in [5.74, 6) is 0.0606. The van der Waals surface area contributed by atoms with Crippen LogP contribution in [0.2, 0.25) is 0 Å². The lowest BCUT2D eigenvalue weighted by Crippen LogP contribution is -2.16. The molecule has 0 saturated heterocycles. The molecule has 0 bridgehead atoms. The average Bonchev–Trinajstić information content (AvgIpc) is 3.05. The molecule has 1 aromatic carbocycles. The molecule has 2 aromatic heterocycles. The number of rotatable bonds is 5. The van der Waals surface area contributed by atoms with Gasteiger partial charge in [-0.2, -0.15) is 5.10 Å². The van der Waals surface area contributed by atoms with Crippen molar-refractivity contribution in [2.45, 2.75) is 12.8 Å². The van der Waals surface area contributed by atoms with Crippen molar-refractivity contribution in [1.29, 1.82) is 0 Å². The quantitative estimate of drug-likeness (QED) is 0.489. The van der Waals surface area contributed by atoms with E-state index in [1.54, 1.807) is 17.9 Å². The molecule has 1 aliphatic carbocycles. The first kappa shape index (κ1) is 18.3. The number of anilines is 2. The third kappa shape index (κ3) is 3.12. The Kier molecular flexibility index (Phi) is 4.34. The minimum absolute atomic E-state index is 0.0914. The van der Waals surface area contributed by atoms with E-state index in [1.165, 1.54) is 25.3 Å². The van der Waals surface area contributed by atoms with Crippen LogP contribution in [0.5, 0.6) is 5.75 Å². The van der Waals surface area contributed by atoms with Gasteiger partial charge in [0.2, 0.25) is 5.95 Å². The van der Waals surface area contributed by atoms with Crippen LogP contribution in [-0.4, -0.2) is 37.7 Å². The molecule has 1 aliphatic rings. The van der Waals surface area contributed by atoms with Gasteiger partial charge in [0, 0.05) is 30.9 Å². The van der Waals surface area contributed by atoms with Gasteiger partial charge < -0.3 is 15.8 Å². The number of fused-ring (bicyclic) bond motifs is 3. The van der Waals surface area contributed by atoms with E-state index in [4.69, 9.17) is 10.5 Å². The van der Waals surface area contributed by atoms with Crippen molar-refractivity contribution in [2.75, 3.05) is 12.4 Å². The summed E-state index contributed by atoms with van der Waals surface area (Å²) in [4.78, 5) is 31.2. The van der Waals surface area contributed by atoms with Crippen molar-refractivity contribution in [3.63, 3.8) is 0 Å². The van der Waals surface area contributed by atoms with Gasteiger partial charge in [0.1, 0.15) is 5.75 Å². The predicted molar refractivity (Wildman–Crippen MR) is 103 cm³/mol. The predicted octanol–water partition coefficient (Wildman–Crippen LogP) is 1.74. The Hall–Kier alpha value is -4.02. The van der Waals surface area contributed by atoms with Crippen LogP contribution in [-0.2, 0) is 19.9 Å². The molecule has 0 spiro atoms. The zero-order chi connectivity index (χ0) is 20.7. The number of nitro benzene ring substituents is 1. The summed E-state index contributed by atoms with van der Waals surface area (Å²) in [6.45, 7) is 0. The van der Waals surface area contributed by atoms with Gasteiger partial charge in [-0.25, -0.2) is 9.97 Å². The van der Waals surface area contributed by atoms with E-state index < -0.39 is 10.8 Å². The molecule has 11 nitrogen and oxygen atoms in total. The zero-order valence-corrected chi connectivity index (χ0v) is 15.7. The molecule has 29 heavy (non-hydrogen) atoms. The number of hydrogen-bond acceptors (Lipinski definition) is 8. The fourth-order valence-corrected chi connectivity index (χ4v) is 3.44. The van der Waals surface area contributed by atoms with Crippen LogP contribution in [0.25, 0.3) is 11.4 Å². The van der Waals surface area contributed by atoms with E-state index in [9.17, 15) is 14.9 Å². The number of nitro groups is 1. The molecule has 3 N–H and O–H groups in total. The summed E-state index contributed by atoms with van der Waals surface area (Å²) in [5.41, 5.74) is 8.96. The molecule has 0 saturated carbocycles. The Bertz CT molecular complexity index is 1160. The van der Waals surface area contributed by atoms with Crippen molar-refractivity contribution in [1.82, 2.24) is 19.7 Å². The summed E-state index contributed by atoms with van der Waals surface area (Å²) < 4.78 is 6.85. The second kappa shape index (κ2) is 6.86. The molecule has 4 rings (SSSR count). The minimum Gasteiger partial charge on any atom is -0.495 e. The molecule has 0 atom stereocenters. The molecule has 0 radical (unpaired) electrons. The van der Waals surface area contributed by atoms with Crippen molar-refractivity contribution in [3.05, 3.63) is 51.3 Å². The lowest BCUT2D eigenvalue weighted by molar-refractivity contribution is -0.384. The summed E-state index contributed by atoms with van der Waals surface area (Å²) in [6, 6.07) is 4.20. The van der Waals surface area contributed by atoms with Crippen LogP contribution in [0.4, 0.5) is 17.3 Å². The Labute approximate surface area is 164 Å². The minimum atomic E-state index is -0.584. The molecule has 0 unspecified atom stereocenters. The first-order valence-corrected chi connectivity index (χ1v) is 8.70.